The first-order chi connectivity index (χ1) is 16.1. The third-order valence-electron chi connectivity index (χ3n) is 6.25. The number of rotatable bonds is 6. The van der Waals surface area contributed by atoms with E-state index in [0.29, 0.717) is 17.9 Å². The molecule has 1 aliphatic heterocycles. The topological polar surface area (TPSA) is 133 Å². The number of nitrogens with zero attached hydrogens (tertiary/aromatic N) is 1. The lowest BCUT2D eigenvalue weighted by Crippen LogP contribution is -2.46. The molecule has 34 heavy (non-hydrogen) atoms. The van der Waals surface area contributed by atoms with Gasteiger partial charge in [-0.25, -0.2) is 8.42 Å². The fraction of sp³-hybridized carbons (Fsp3) is 0.348. The van der Waals surface area contributed by atoms with Gasteiger partial charge in [0.15, 0.2) is 0 Å². The second-order valence-corrected chi connectivity index (χ2v) is 10.6. The molecule has 180 valence electrons. The molecule has 2 aromatic rings. The van der Waals surface area contributed by atoms with Gasteiger partial charge < -0.3 is 10.4 Å². The maximum atomic E-state index is 12.9. The first kappa shape index (κ1) is 24.0. The van der Waals surface area contributed by atoms with Crippen LogP contribution < -0.4 is 10.0 Å². The Labute approximate surface area is 202 Å². The molecule has 2 aliphatic rings. The summed E-state index contributed by atoms with van der Waals surface area (Å²) in [6, 6.07) is 8.44. The van der Waals surface area contributed by atoms with Gasteiger partial charge in [0.2, 0.25) is 17.7 Å². The van der Waals surface area contributed by atoms with Crippen molar-refractivity contribution >= 4 is 50.7 Å². The molecule has 1 heterocycles. The van der Waals surface area contributed by atoms with Crippen LogP contribution >= 0.6 is 11.6 Å². The van der Waals surface area contributed by atoms with Gasteiger partial charge in [-0.1, -0.05) is 30.5 Å². The Bertz CT molecular complexity index is 1240. The van der Waals surface area contributed by atoms with Crippen molar-refractivity contribution in [1.82, 2.24) is 4.90 Å². The first-order valence-electron chi connectivity index (χ1n) is 10.9. The average Bonchev–Trinajstić information content (AvgIpc) is 3.04. The highest BCUT2D eigenvalue weighted by atomic mass is 35.5. The molecule has 0 spiro atoms. The largest absolute Gasteiger partial charge is 0.506 e. The molecule has 0 bridgehead atoms. The second-order valence-electron chi connectivity index (χ2n) is 8.50. The molecule has 0 radical (unpaired) electrons. The van der Waals surface area contributed by atoms with Gasteiger partial charge in [-0.05, 0) is 56.2 Å². The summed E-state index contributed by atoms with van der Waals surface area (Å²) in [4.78, 5) is 39.2. The maximum absolute atomic E-state index is 12.9. The summed E-state index contributed by atoms with van der Waals surface area (Å²) >= 11 is 5.90. The summed E-state index contributed by atoms with van der Waals surface area (Å²) in [7, 11) is -4.06. The number of halogens is 1. The van der Waals surface area contributed by atoms with Crippen LogP contribution in [-0.2, 0) is 24.4 Å². The predicted octanol–water partition coefficient (Wildman–Crippen LogP) is 3.35. The zero-order valence-corrected chi connectivity index (χ0v) is 19.9. The molecule has 1 saturated heterocycles. The third-order valence-corrected chi connectivity index (χ3v) is 7.87. The van der Waals surface area contributed by atoms with Crippen LogP contribution in [0, 0.1) is 11.8 Å². The number of phenols is 1. The molecule has 4 rings (SSSR count). The van der Waals surface area contributed by atoms with Crippen LogP contribution in [-0.4, -0.2) is 42.2 Å². The van der Waals surface area contributed by atoms with Crippen molar-refractivity contribution in [2.24, 2.45) is 11.8 Å². The number of carbonyl (C=O) groups excluding carboxylic acids is 3. The van der Waals surface area contributed by atoms with Crippen molar-refractivity contribution in [2.45, 2.75) is 43.5 Å². The summed E-state index contributed by atoms with van der Waals surface area (Å²) in [6.07, 6.45) is 2.99. The fourth-order valence-corrected chi connectivity index (χ4v) is 5.74. The van der Waals surface area contributed by atoms with Gasteiger partial charge in [0.1, 0.15) is 11.8 Å². The number of carbonyl (C=O) groups is 3. The summed E-state index contributed by atoms with van der Waals surface area (Å²) < 4.78 is 28.0. The highest BCUT2D eigenvalue weighted by molar-refractivity contribution is 7.92. The summed E-state index contributed by atoms with van der Waals surface area (Å²) in [5, 5.41) is 13.0. The van der Waals surface area contributed by atoms with E-state index in [2.05, 4.69) is 10.0 Å². The number of hydrogen-bond donors (Lipinski definition) is 3. The molecule has 3 atom stereocenters. The minimum absolute atomic E-state index is 0.165. The van der Waals surface area contributed by atoms with Gasteiger partial charge in [-0.3, -0.25) is 24.0 Å². The monoisotopic (exact) mass is 505 g/mol. The Kier molecular flexibility index (Phi) is 6.55. The van der Waals surface area contributed by atoms with E-state index in [4.69, 9.17) is 11.6 Å². The van der Waals surface area contributed by atoms with Crippen LogP contribution in [0.3, 0.4) is 0 Å². The molecule has 1 aliphatic carbocycles. The quantitative estimate of drug-likeness (QED) is 0.407. The molecule has 9 nitrogen and oxygen atoms in total. The van der Waals surface area contributed by atoms with E-state index in [9.17, 15) is 27.9 Å². The van der Waals surface area contributed by atoms with Crippen molar-refractivity contribution < 1.29 is 27.9 Å². The normalized spacial score (nSPS) is 21.2. The van der Waals surface area contributed by atoms with Gasteiger partial charge in [0, 0.05) is 5.02 Å². The molecule has 1 saturated carbocycles. The van der Waals surface area contributed by atoms with Crippen molar-refractivity contribution in [3.05, 3.63) is 47.5 Å². The van der Waals surface area contributed by atoms with Gasteiger partial charge in [0.05, 0.1) is 28.1 Å². The number of phenolic OH excluding ortho intramolecular Hbond substituents is 1. The molecular formula is C23H24ClN3O6S. The van der Waals surface area contributed by atoms with Gasteiger partial charge in [0.25, 0.3) is 10.0 Å². The van der Waals surface area contributed by atoms with Crippen LogP contribution in [0.1, 0.15) is 32.6 Å². The fourth-order valence-electron chi connectivity index (χ4n) is 4.47. The summed E-state index contributed by atoms with van der Waals surface area (Å²) in [6.45, 7) is 1.43. The molecular weight excluding hydrogens is 482 g/mol. The zero-order valence-electron chi connectivity index (χ0n) is 18.3. The number of sulfonamides is 1. The number of anilines is 2. The minimum atomic E-state index is -4.06. The van der Waals surface area contributed by atoms with Crippen LogP contribution in [0.2, 0.25) is 5.02 Å². The Morgan fingerprint density at radius 2 is 1.74 bits per heavy atom. The number of imide groups is 1. The molecule has 0 unspecified atom stereocenters. The molecule has 2 fully saturated rings. The van der Waals surface area contributed by atoms with Crippen molar-refractivity contribution in [1.29, 1.82) is 0 Å². The van der Waals surface area contributed by atoms with Crippen LogP contribution in [0.25, 0.3) is 0 Å². The van der Waals surface area contributed by atoms with E-state index in [1.54, 1.807) is 12.1 Å². The Morgan fingerprint density at radius 1 is 1.09 bits per heavy atom. The molecule has 2 aromatic carbocycles. The van der Waals surface area contributed by atoms with Crippen LogP contribution in [0.5, 0.6) is 5.75 Å². The number of likely N-dealkylation sites (tertiary alicyclic amines) is 1. The third kappa shape index (κ3) is 4.60. The minimum Gasteiger partial charge on any atom is -0.506 e. The van der Waals surface area contributed by atoms with Crippen LogP contribution in [0.15, 0.2) is 47.4 Å². The summed E-state index contributed by atoms with van der Waals surface area (Å²) in [5.74, 6) is -2.58. The Morgan fingerprint density at radius 3 is 2.35 bits per heavy atom. The van der Waals surface area contributed by atoms with E-state index >= 15 is 0 Å². The van der Waals surface area contributed by atoms with E-state index in [0.717, 1.165) is 29.9 Å². The number of aromatic hydroxyl groups is 1. The lowest BCUT2D eigenvalue weighted by Gasteiger charge is -2.22. The molecule has 0 aromatic heterocycles. The average molecular weight is 506 g/mol. The zero-order chi connectivity index (χ0) is 24.6. The smallest absolute Gasteiger partial charge is 0.261 e. The molecule has 11 heteroatoms. The highest BCUT2D eigenvalue weighted by Crippen LogP contribution is 2.39. The van der Waals surface area contributed by atoms with Crippen molar-refractivity contribution in [3.63, 3.8) is 0 Å². The van der Waals surface area contributed by atoms with Crippen molar-refractivity contribution in [2.75, 3.05) is 10.0 Å². The van der Waals surface area contributed by atoms with Gasteiger partial charge in [-0.15, -0.1) is 0 Å². The SMILES string of the molecule is C[C@H](C(=O)Nc1cc(S(=O)(=O)Nc2cccc(Cl)c2)ccc1O)N1C(=O)[C@H]2CCCC[C@H]2C1=O. The van der Waals surface area contributed by atoms with Crippen LogP contribution in [0.4, 0.5) is 11.4 Å². The Hall–Kier alpha value is -3.11. The second kappa shape index (κ2) is 9.27. The molecule has 3 N–H and O–H groups in total. The summed E-state index contributed by atoms with van der Waals surface area (Å²) in [5.41, 5.74) is 0.0784. The standard InChI is InChI=1S/C23H24ClN3O6S/c1-13(27-22(30)17-7-2-3-8-18(17)23(27)31)21(29)25-19-12-16(9-10-20(19)28)34(32,33)26-15-6-4-5-14(24)11-15/h4-6,9-13,17-18,26,28H,2-3,7-8H2,1H3,(H,25,29)/t13-,17-,18+/m1/s1. The van der Waals surface area contributed by atoms with E-state index < -0.39 is 33.8 Å². The molecule has 3 amide bonds. The van der Waals surface area contributed by atoms with E-state index in [1.165, 1.54) is 25.1 Å². The maximum Gasteiger partial charge on any atom is 0.261 e. The van der Waals surface area contributed by atoms with E-state index in [-0.39, 0.29) is 33.8 Å². The number of fused-ring (bicyclic) bond motifs is 1. The van der Waals surface area contributed by atoms with Gasteiger partial charge >= 0.3 is 0 Å². The number of hydrogen-bond acceptors (Lipinski definition) is 6. The predicted molar refractivity (Wildman–Crippen MR) is 126 cm³/mol. The number of benzene rings is 2. The lowest BCUT2D eigenvalue weighted by atomic mass is 9.81. The Balaban J connectivity index is 1.52. The number of amides is 3. The number of nitrogens with one attached hydrogen (secondary N) is 2. The lowest BCUT2D eigenvalue weighted by molar-refractivity contribution is -0.146. The first-order valence-corrected chi connectivity index (χ1v) is 12.7. The van der Waals surface area contributed by atoms with Gasteiger partial charge in [-0.2, -0.15) is 0 Å². The highest BCUT2D eigenvalue weighted by Gasteiger charge is 2.50. The van der Waals surface area contributed by atoms with E-state index in [1.807, 2.05) is 0 Å². The van der Waals surface area contributed by atoms with Crippen molar-refractivity contribution in [3.8, 4) is 5.75 Å².